The topological polar surface area (TPSA) is 107 Å². The summed E-state index contributed by atoms with van der Waals surface area (Å²) >= 11 is 0. The summed E-state index contributed by atoms with van der Waals surface area (Å²) < 4.78 is 0. The monoisotopic (exact) mass is 550 g/mol. The van der Waals surface area contributed by atoms with Crippen LogP contribution in [0, 0.1) is 50.2 Å². The molecule has 0 aromatic heterocycles. The third-order valence-electron chi connectivity index (χ3n) is 12.3. The molecule has 1 unspecified atom stereocenters. The highest BCUT2D eigenvalue weighted by Gasteiger charge is 2.74. The molecule has 0 bridgehead atoms. The summed E-state index contributed by atoms with van der Waals surface area (Å²) in [5.41, 5.74) is -3.14. The smallest absolute Gasteiger partial charge is 0.226 e. The Balaban J connectivity index is 1.78. The van der Waals surface area contributed by atoms with Crippen LogP contribution in [0.1, 0.15) is 113 Å². The molecule has 4 aliphatic carbocycles. The number of hydrogen-bond donors (Lipinski definition) is 2. The van der Waals surface area contributed by atoms with Crippen molar-refractivity contribution in [3.63, 3.8) is 0 Å². The van der Waals surface area contributed by atoms with Gasteiger partial charge < -0.3 is 10.4 Å². The zero-order chi connectivity index (χ0) is 29.9. The van der Waals surface area contributed by atoms with Gasteiger partial charge in [-0.1, -0.05) is 60.1 Å². The summed E-state index contributed by atoms with van der Waals surface area (Å²) in [6.07, 6.45) is 9.60. The Bertz CT molecular complexity index is 1200. The summed E-state index contributed by atoms with van der Waals surface area (Å²) in [4.78, 5) is 41.4. The zero-order valence-electron chi connectivity index (χ0n) is 26.0. The van der Waals surface area contributed by atoms with Crippen LogP contribution in [0.2, 0.25) is 0 Å². The van der Waals surface area contributed by atoms with Crippen molar-refractivity contribution >= 4 is 17.5 Å². The van der Waals surface area contributed by atoms with Gasteiger partial charge in [0, 0.05) is 23.3 Å². The summed E-state index contributed by atoms with van der Waals surface area (Å²) in [6.45, 7) is 16.9. The third kappa shape index (κ3) is 4.09. The molecule has 6 heteroatoms. The van der Waals surface area contributed by atoms with Gasteiger partial charge in [-0.15, -0.1) is 0 Å². The van der Waals surface area contributed by atoms with Crippen LogP contribution in [-0.2, 0) is 14.4 Å². The molecule has 220 valence electrons. The second-order valence-electron chi connectivity index (χ2n) is 15.0. The van der Waals surface area contributed by atoms with Crippen molar-refractivity contribution in [1.82, 2.24) is 5.32 Å². The molecule has 0 aromatic carbocycles. The second-order valence-corrected chi connectivity index (χ2v) is 15.0. The van der Waals surface area contributed by atoms with Crippen LogP contribution in [0.5, 0.6) is 0 Å². The van der Waals surface area contributed by atoms with Crippen LogP contribution in [0.3, 0.4) is 0 Å². The average Bonchev–Trinajstić information content (AvgIpc) is 2.89. The molecular weight excluding hydrogens is 500 g/mol. The van der Waals surface area contributed by atoms with Gasteiger partial charge in [0.05, 0.1) is 11.0 Å². The summed E-state index contributed by atoms with van der Waals surface area (Å²) in [6, 6.07) is 2.10. The summed E-state index contributed by atoms with van der Waals surface area (Å²) in [7, 11) is 0. The van der Waals surface area contributed by atoms with E-state index in [1.54, 1.807) is 12.2 Å². The van der Waals surface area contributed by atoms with Gasteiger partial charge in [0.25, 0.3) is 0 Å². The normalized spacial score (nSPS) is 39.1. The van der Waals surface area contributed by atoms with E-state index < -0.39 is 33.2 Å². The Morgan fingerprint density at radius 3 is 2.38 bits per heavy atom. The first-order valence-electron chi connectivity index (χ1n) is 15.4. The Hall–Kier alpha value is -2.26. The first kappa shape index (κ1) is 30.7. The molecule has 0 aliphatic heterocycles. The van der Waals surface area contributed by atoms with Crippen molar-refractivity contribution in [1.29, 1.82) is 5.26 Å². The van der Waals surface area contributed by atoms with Gasteiger partial charge in [-0.25, -0.2) is 0 Å². The minimum Gasteiger partial charge on any atom is -0.381 e. The highest BCUT2D eigenvalue weighted by Crippen LogP contribution is 2.72. The molecule has 40 heavy (non-hydrogen) atoms. The predicted molar refractivity (Wildman–Crippen MR) is 156 cm³/mol. The fourth-order valence-electron chi connectivity index (χ4n) is 9.22. The van der Waals surface area contributed by atoms with Gasteiger partial charge >= 0.3 is 0 Å². The van der Waals surface area contributed by atoms with Crippen LogP contribution in [0.4, 0.5) is 0 Å². The lowest BCUT2D eigenvalue weighted by molar-refractivity contribution is -0.239. The molecule has 0 saturated heterocycles. The molecule has 4 aliphatic rings. The summed E-state index contributed by atoms with van der Waals surface area (Å²) in [5, 5.41) is 25.5. The van der Waals surface area contributed by atoms with Crippen molar-refractivity contribution in [3.05, 3.63) is 23.3 Å². The van der Waals surface area contributed by atoms with E-state index in [0.29, 0.717) is 45.1 Å². The van der Waals surface area contributed by atoms with Crippen molar-refractivity contribution in [2.45, 2.75) is 119 Å². The molecule has 2 N–H and O–H groups in total. The molecule has 0 spiro atoms. The van der Waals surface area contributed by atoms with Gasteiger partial charge in [0.15, 0.2) is 11.6 Å². The Morgan fingerprint density at radius 2 is 1.77 bits per heavy atom. The molecule has 4 rings (SSSR count). The van der Waals surface area contributed by atoms with Crippen molar-refractivity contribution in [2.75, 3.05) is 6.54 Å². The highest BCUT2D eigenvalue weighted by atomic mass is 16.3. The lowest BCUT2D eigenvalue weighted by Crippen LogP contribution is -2.74. The molecule has 6 nitrogen and oxygen atoms in total. The molecule has 3 fully saturated rings. The fraction of sp³-hybridized carbons (Fsp3) is 0.765. The zero-order valence-corrected chi connectivity index (χ0v) is 26.0. The quantitative estimate of drug-likeness (QED) is 0.301. The number of nitriles is 1. The first-order valence-corrected chi connectivity index (χ1v) is 15.4. The number of nitrogens with zero attached hydrogens (tertiary/aromatic N) is 1. The first-order chi connectivity index (χ1) is 18.5. The number of Topliss-reactive ketones (excluding diaryl/α,β-unsaturated/α-hetero) is 1. The lowest BCUT2D eigenvalue weighted by atomic mass is 9.35. The Morgan fingerprint density at radius 1 is 1.12 bits per heavy atom. The maximum Gasteiger partial charge on any atom is 0.226 e. The van der Waals surface area contributed by atoms with Gasteiger partial charge in [0.2, 0.25) is 5.91 Å². The van der Waals surface area contributed by atoms with Gasteiger partial charge in [-0.2, -0.15) is 5.26 Å². The van der Waals surface area contributed by atoms with Crippen LogP contribution in [0.15, 0.2) is 23.3 Å². The largest absolute Gasteiger partial charge is 0.381 e. The van der Waals surface area contributed by atoms with E-state index in [9.17, 15) is 24.8 Å². The van der Waals surface area contributed by atoms with E-state index >= 15 is 0 Å². The molecule has 6 atom stereocenters. The van der Waals surface area contributed by atoms with Crippen molar-refractivity contribution < 1.29 is 19.5 Å². The van der Waals surface area contributed by atoms with Crippen molar-refractivity contribution in [3.8, 4) is 6.07 Å². The van der Waals surface area contributed by atoms with E-state index in [4.69, 9.17) is 0 Å². The number of carbonyl (C=O) groups excluding carboxylic acids is 3. The average molecular weight is 551 g/mol. The Labute approximate surface area is 241 Å². The molecule has 0 radical (unpaired) electrons. The highest BCUT2D eigenvalue weighted by molar-refractivity contribution is 6.03. The lowest BCUT2D eigenvalue weighted by Gasteiger charge is -2.69. The van der Waals surface area contributed by atoms with Gasteiger partial charge in [0.1, 0.15) is 11.7 Å². The molecule has 3 saturated carbocycles. The van der Waals surface area contributed by atoms with Crippen LogP contribution in [0.25, 0.3) is 0 Å². The minimum atomic E-state index is -1.64. The molecular formula is C34H50N2O4. The number of nitrogens with one attached hydrogen (secondary N) is 1. The maximum atomic E-state index is 14.3. The van der Waals surface area contributed by atoms with Gasteiger partial charge in [-0.05, 0) is 87.5 Å². The fourth-order valence-corrected chi connectivity index (χ4v) is 9.22. The SMILES string of the molecule is CC/C=C(/C#N)C(=O)C(C)(C)[C@@H]1CC[C@]2(C)C(=CC(=O)[C@]3(O)C4CC(C)(C)CC[C@]4(C(=O)NCC)CC[C@@]23C)C1. The number of rotatable bonds is 6. The number of aliphatic hydroxyl groups is 1. The maximum absolute atomic E-state index is 14.3. The molecule has 1 amide bonds. The number of amides is 1. The molecule has 0 heterocycles. The van der Waals surface area contributed by atoms with E-state index in [-0.39, 0.29) is 34.4 Å². The number of allylic oxidation sites excluding steroid dienone is 3. The number of ketones is 2. The van der Waals surface area contributed by atoms with E-state index in [0.717, 1.165) is 24.8 Å². The third-order valence-corrected chi connectivity index (χ3v) is 12.3. The number of carbonyl (C=O) groups is 3. The van der Waals surface area contributed by atoms with Crippen LogP contribution >= 0.6 is 0 Å². The standard InChI is InChI=1S/C34H50N2O4/c1-9-11-22(21-35)27(38)30(5,6)23-12-13-31(7)24(18-23)19-26(37)34(40)25-20-29(3,4)14-16-33(25,28(39)36-10-2)17-15-32(31,34)8/h11,19,23,25,40H,9-10,12-18,20H2,1-8H3,(H,36,39)/b22-11-/t23-,25?,31-,32+,33+,34-/m1/s1. The second kappa shape index (κ2) is 9.93. The number of hydrogen-bond acceptors (Lipinski definition) is 5. The van der Waals surface area contributed by atoms with Gasteiger partial charge in [-0.3, -0.25) is 14.4 Å². The Kier molecular flexibility index (Phi) is 7.62. The minimum absolute atomic E-state index is 0.0119. The van der Waals surface area contributed by atoms with Crippen LogP contribution in [-0.4, -0.2) is 34.7 Å². The molecule has 0 aromatic rings. The van der Waals surface area contributed by atoms with Crippen LogP contribution < -0.4 is 5.32 Å². The van der Waals surface area contributed by atoms with E-state index in [2.05, 4.69) is 39.1 Å². The van der Waals surface area contributed by atoms with E-state index in [1.807, 2.05) is 27.7 Å². The summed E-state index contributed by atoms with van der Waals surface area (Å²) in [5.74, 6) is -0.890. The van der Waals surface area contributed by atoms with E-state index in [1.165, 1.54) is 0 Å². The van der Waals surface area contributed by atoms with Crippen molar-refractivity contribution in [2.24, 2.45) is 38.9 Å². The number of fused-ring (bicyclic) bond motifs is 5. The predicted octanol–water partition coefficient (Wildman–Crippen LogP) is 6.24.